The highest BCUT2D eigenvalue weighted by molar-refractivity contribution is 8.03. The number of nitriles is 1. The van der Waals surface area contributed by atoms with Gasteiger partial charge < -0.3 is 0 Å². The predicted octanol–water partition coefficient (Wildman–Crippen LogP) is 5.07. The van der Waals surface area contributed by atoms with Crippen LogP contribution in [0.3, 0.4) is 0 Å². The first-order chi connectivity index (χ1) is 11.8. The van der Waals surface area contributed by atoms with Gasteiger partial charge >= 0.3 is 0 Å². The molecule has 2 rings (SSSR count). The van der Waals surface area contributed by atoms with Crippen molar-refractivity contribution in [1.29, 1.82) is 5.26 Å². The minimum Gasteiger partial charge on any atom is -0.299 e. The summed E-state index contributed by atoms with van der Waals surface area (Å²) in [6.45, 7) is 7.55. The van der Waals surface area contributed by atoms with Crippen LogP contribution in [0.15, 0.2) is 51.5 Å². The van der Waals surface area contributed by atoms with E-state index >= 15 is 0 Å². The van der Waals surface area contributed by atoms with Crippen molar-refractivity contribution in [3.05, 3.63) is 46.6 Å². The molecule has 0 amide bonds. The standard InChI is InChI=1S/C20H23ClN2OS/c1-12(2)9-10-25-20-17(11-22)19(15-5-7-16(21)8-6-15)18(14(4)24)13(3)23-20/h5-9,15-16,18-19H,10H2,1-4H3/t15?,16?,18?,19-/m1/s1. The molecular weight excluding hydrogens is 352 g/mol. The molecule has 1 unspecified atom stereocenters. The number of halogens is 1. The van der Waals surface area contributed by atoms with Gasteiger partial charge in [0.05, 0.1) is 22.9 Å². The Hall–Kier alpha value is -1.57. The number of ketones is 1. The molecular formula is C20H23ClN2OS. The zero-order chi connectivity index (χ0) is 18.6. The van der Waals surface area contributed by atoms with Gasteiger partial charge in [-0.3, -0.25) is 4.79 Å². The lowest BCUT2D eigenvalue weighted by atomic mass is 9.71. The number of carbonyl (C=O) groups excluding carboxylic acids is 1. The predicted molar refractivity (Wildman–Crippen MR) is 107 cm³/mol. The van der Waals surface area contributed by atoms with Crippen LogP contribution in [-0.4, -0.2) is 22.6 Å². The van der Waals surface area contributed by atoms with E-state index in [4.69, 9.17) is 11.6 Å². The first kappa shape index (κ1) is 19.8. The molecule has 0 bridgehead atoms. The number of hydrogen-bond acceptors (Lipinski definition) is 4. The Morgan fingerprint density at radius 3 is 2.48 bits per heavy atom. The van der Waals surface area contributed by atoms with Crippen LogP contribution in [-0.2, 0) is 4.79 Å². The number of carbonyl (C=O) groups is 1. The van der Waals surface area contributed by atoms with Crippen LogP contribution in [0, 0.1) is 29.1 Å². The number of rotatable bonds is 5. The molecule has 0 aromatic heterocycles. The van der Waals surface area contributed by atoms with Gasteiger partial charge in [-0.15, -0.1) is 23.4 Å². The van der Waals surface area contributed by atoms with Crippen LogP contribution >= 0.6 is 23.4 Å². The van der Waals surface area contributed by atoms with E-state index in [-0.39, 0.29) is 28.9 Å². The Balaban J connectivity index is 2.44. The van der Waals surface area contributed by atoms with E-state index in [1.54, 1.807) is 18.7 Å². The van der Waals surface area contributed by atoms with Crippen molar-refractivity contribution in [2.75, 3.05) is 5.75 Å². The second-order valence-corrected chi connectivity index (χ2v) is 8.09. The fourth-order valence-electron chi connectivity index (χ4n) is 3.18. The van der Waals surface area contributed by atoms with Gasteiger partial charge in [0, 0.05) is 23.3 Å². The Morgan fingerprint density at radius 1 is 1.32 bits per heavy atom. The number of aliphatic imine (C=N–C) groups is 1. The number of thioether (sulfide) groups is 1. The molecule has 2 aliphatic rings. The van der Waals surface area contributed by atoms with Crippen LogP contribution in [0.2, 0.25) is 0 Å². The largest absolute Gasteiger partial charge is 0.299 e. The zero-order valence-electron chi connectivity index (χ0n) is 15.0. The Bertz CT molecular complexity index is 721. The van der Waals surface area contributed by atoms with E-state index in [1.165, 1.54) is 5.57 Å². The van der Waals surface area contributed by atoms with E-state index in [9.17, 15) is 10.1 Å². The summed E-state index contributed by atoms with van der Waals surface area (Å²) in [4.78, 5) is 16.9. The molecule has 0 saturated carbocycles. The van der Waals surface area contributed by atoms with Gasteiger partial charge in [-0.1, -0.05) is 36.0 Å². The molecule has 5 heteroatoms. The van der Waals surface area contributed by atoms with Crippen molar-refractivity contribution >= 4 is 34.9 Å². The Kier molecular flexibility index (Phi) is 6.87. The van der Waals surface area contributed by atoms with Crippen LogP contribution < -0.4 is 0 Å². The first-order valence-corrected chi connectivity index (χ1v) is 9.74. The molecule has 1 aliphatic heterocycles. The molecule has 1 aliphatic carbocycles. The Labute approximate surface area is 159 Å². The van der Waals surface area contributed by atoms with Crippen molar-refractivity contribution in [2.24, 2.45) is 22.7 Å². The number of alkyl halides is 1. The number of Topliss-reactive ketones (excluding diaryl/α,β-unsaturated/α-hetero) is 1. The van der Waals surface area contributed by atoms with Crippen LogP contribution in [0.4, 0.5) is 0 Å². The van der Waals surface area contributed by atoms with Crippen molar-refractivity contribution in [3.8, 4) is 6.07 Å². The highest BCUT2D eigenvalue weighted by atomic mass is 35.5. The average Bonchev–Trinajstić information content (AvgIpc) is 2.54. The molecule has 0 spiro atoms. The van der Waals surface area contributed by atoms with Crippen molar-refractivity contribution in [1.82, 2.24) is 0 Å². The topological polar surface area (TPSA) is 53.2 Å². The molecule has 0 fully saturated rings. The maximum Gasteiger partial charge on any atom is 0.139 e. The van der Waals surface area contributed by atoms with E-state index < -0.39 is 0 Å². The highest BCUT2D eigenvalue weighted by Gasteiger charge is 2.40. The average molecular weight is 375 g/mol. The lowest BCUT2D eigenvalue weighted by Crippen LogP contribution is -2.36. The summed E-state index contributed by atoms with van der Waals surface area (Å²) in [6, 6.07) is 2.33. The molecule has 0 aromatic rings. The third-order valence-corrected chi connectivity index (χ3v) is 5.58. The van der Waals surface area contributed by atoms with Crippen LogP contribution in [0.5, 0.6) is 0 Å². The summed E-state index contributed by atoms with van der Waals surface area (Å²) in [5.74, 6) is 0.196. The summed E-state index contributed by atoms with van der Waals surface area (Å²) < 4.78 is 0. The third-order valence-electron chi connectivity index (χ3n) is 4.37. The second kappa shape index (κ2) is 8.69. The minimum atomic E-state index is -0.367. The molecule has 2 atom stereocenters. The molecule has 25 heavy (non-hydrogen) atoms. The van der Waals surface area contributed by atoms with Gasteiger partial charge in [0.25, 0.3) is 0 Å². The smallest absolute Gasteiger partial charge is 0.139 e. The second-order valence-electron chi connectivity index (χ2n) is 6.58. The van der Waals surface area contributed by atoms with E-state index in [0.717, 1.165) is 16.5 Å². The maximum absolute atomic E-state index is 12.3. The summed E-state index contributed by atoms with van der Waals surface area (Å²) in [5, 5.41) is 10.4. The summed E-state index contributed by atoms with van der Waals surface area (Å²) >= 11 is 7.65. The van der Waals surface area contributed by atoms with Gasteiger partial charge in [-0.25, -0.2) is 4.99 Å². The quantitative estimate of drug-likeness (QED) is 0.498. The van der Waals surface area contributed by atoms with Gasteiger partial charge in [-0.05, 0) is 27.7 Å². The SMILES string of the molecule is CC(=O)C1C(C)=NC(SCC=C(C)C)=C(C#N)[C@H]1C1C=CC(Cl)C=C1. The number of allylic oxidation sites excluding steroid dienone is 6. The lowest BCUT2D eigenvalue weighted by molar-refractivity contribution is -0.120. The zero-order valence-corrected chi connectivity index (χ0v) is 16.6. The van der Waals surface area contributed by atoms with Crippen molar-refractivity contribution in [2.45, 2.75) is 33.1 Å². The molecule has 0 radical (unpaired) electrons. The molecule has 1 heterocycles. The van der Waals surface area contributed by atoms with Gasteiger partial charge in [0.15, 0.2) is 0 Å². The first-order valence-electron chi connectivity index (χ1n) is 8.32. The van der Waals surface area contributed by atoms with Gasteiger partial charge in [-0.2, -0.15) is 5.26 Å². The number of nitrogens with zero attached hydrogens (tertiary/aromatic N) is 2. The van der Waals surface area contributed by atoms with E-state index in [1.807, 2.05) is 45.1 Å². The Morgan fingerprint density at radius 2 is 1.96 bits per heavy atom. The fourth-order valence-corrected chi connectivity index (χ4v) is 4.47. The molecule has 0 saturated heterocycles. The molecule has 132 valence electrons. The molecule has 3 nitrogen and oxygen atoms in total. The lowest BCUT2D eigenvalue weighted by Gasteiger charge is -2.34. The van der Waals surface area contributed by atoms with E-state index in [0.29, 0.717) is 5.57 Å². The maximum atomic E-state index is 12.3. The van der Waals surface area contributed by atoms with E-state index in [2.05, 4.69) is 17.1 Å². The van der Waals surface area contributed by atoms with Crippen molar-refractivity contribution < 1.29 is 4.79 Å². The van der Waals surface area contributed by atoms with Gasteiger partial charge in [0.1, 0.15) is 10.8 Å². The highest BCUT2D eigenvalue weighted by Crippen LogP contribution is 2.41. The summed E-state index contributed by atoms with van der Waals surface area (Å²) in [5.41, 5.74) is 2.61. The monoisotopic (exact) mass is 374 g/mol. The number of hydrogen-bond donors (Lipinski definition) is 0. The summed E-state index contributed by atoms with van der Waals surface area (Å²) in [6.07, 6.45) is 9.95. The van der Waals surface area contributed by atoms with Crippen LogP contribution in [0.25, 0.3) is 0 Å². The molecule has 0 N–H and O–H groups in total. The summed E-state index contributed by atoms with van der Waals surface area (Å²) in [7, 11) is 0. The van der Waals surface area contributed by atoms with Crippen LogP contribution in [0.1, 0.15) is 27.7 Å². The fraction of sp³-hybridized carbons (Fsp3) is 0.450. The normalized spacial score (nSPS) is 28.4. The van der Waals surface area contributed by atoms with Crippen molar-refractivity contribution in [3.63, 3.8) is 0 Å². The molecule has 0 aromatic carbocycles. The van der Waals surface area contributed by atoms with Gasteiger partial charge in [0.2, 0.25) is 0 Å². The third kappa shape index (κ3) is 4.74. The minimum absolute atomic E-state index is 0.0250.